The Balaban J connectivity index is 1.05. The van der Waals surface area contributed by atoms with E-state index in [2.05, 4.69) is 69.0 Å². The molecule has 0 bridgehead atoms. The maximum absolute atomic E-state index is 15.9. The van der Waals surface area contributed by atoms with Gasteiger partial charge in [0.05, 0.1) is 30.2 Å². The molecule has 2 amide bonds. The molecule has 0 radical (unpaired) electrons. The normalized spacial score (nSPS) is 20.3. The van der Waals surface area contributed by atoms with Gasteiger partial charge in [0.2, 0.25) is 5.91 Å². The minimum absolute atomic E-state index is 0.0467. The van der Waals surface area contributed by atoms with Gasteiger partial charge in [-0.25, -0.2) is 28.6 Å². The average molecular weight is 719 g/mol. The highest BCUT2D eigenvalue weighted by molar-refractivity contribution is 8.32. The number of amides is 2. The molecular weight excluding hydrogens is 671 g/mol. The molecule has 2 N–H and O–H groups in total. The van der Waals surface area contributed by atoms with E-state index in [1.807, 2.05) is 17.0 Å². The molecule has 272 valence electrons. The first-order valence-corrected chi connectivity index (χ1v) is 20.8. The van der Waals surface area contributed by atoms with Gasteiger partial charge in [0.15, 0.2) is 11.6 Å². The van der Waals surface area contributed by atoms with Crippen LogP contribution in [0.4, 0.5) is 25.0 Å². The lowest BCUT2D eigenvalue weighted by Crippen LogP contribution is -2.40. The topological polar surface area (TPSA) is 93.8 Å². The second-order valence-electron chi connectivity index (χ2n) is 14.8. The lowest BCUT2D eigenvalue weighted by Gasteiger charge is -2.35. The Bertz CT molecular complexity index is 1900. The van der Waals surface area contributed by atoms with E-state index in [1.54, 1.807) is 4.90 Å². The van der Waals surface area contributed by atoms with Crippen molar-refractivity contribution in [1.29, 1.82) is 0 Å². The number of carbonyl (C=O) groups excluding carboxylic acids is 2. The van der Waals surface area contributed by atoms with Gasteiger partial charge in [0.25, 0.3) is 0 Å². The number of H-pyrrole nitrogens is 1. The number of anilines is 2. The predicted octanol–water partition coefficient (Wildman–Crippen LogP) is 7.64. The summed E-state index contributed by atoms with van der Waals surface area (Å²) in [5, 5.41) is 2.47. The fraction of sp³-hybridized carbons (Fsp3) is 0.462. The van der Waals surface area contributed by atoms with E-state index in [9.17, 15) is 9.59 Å². The third kappa shape index (κ3) is 7.24. The summed E-state index contributed by atoms with van der Waals surface area (Å²) in [6.07, 6.45) is 11.3. The molecule has 3 saturated heterocycles. The number of hydrogen-bond donors (Lipinski definition) is 2. The number of carbonyl (C=O) groups is 2. The number of nitrogens with one attached hydrogen (secondary N) is 2. The molecule has 3 aliphatic heterocycles. The van der Waals surface area contributed by atoms with E-state index in [1.165, 1.54) is 29.7 Å². The first kappa shape index (κ1) is 35.1. The van der Waals surface area contributed by atoms with E-state index in [0.717, 1.165) is 55.1 Å². The predicted molar refractivity (Wildman–Crippen MR) is 200 cm³/mol. The van der Waals surface area contributed by atoms with Crippen LogP contribution in [0.15, 0.2) is 59.5 Å². The number of ether oxygens (including phenoxy) is 1. The third-order valence-electron chi connectivity index (χ3n) is 10.8. The van der Waals surface area contributed by atoms with Crippen LogP contribution in [0.5, 0.6) is 0 Å². The Hall–Kier alpha value is -4.32. The van der Waals surface area contributed by atoms with Crippen LogP contribution in [0.3, 0.4) is 0 Å². The number of rotatable bonds is 8. The van der Waals surface area contributed by atoms with Crippen molar-refractivity contribution in [2.45, 2.75) is 61.4 Å². The van der Waals surface area contributed by atoms with Crippen LogP contribution in [0.1, 0.15) is 73.5 Å². The Morgan fingerprint density at radius 1 is 0.902 bits per heavy atom. The van der Waals surface area contributed by atoms with Crippen molar-refractivity contribution in [1.82, 2.24) is 20.2 Å². The van der Waals surface area contributed by atoms with Gasteiger partial charge in [0.1, 0.15) is 18.1 Å². The first-order chi connectivity index (χ1) is 24.5. The molecule has 0 saturated carbocycles. The summed E-state index contributed by atoms with van der Waals surface area (Å²) < 4.78 is 36.3. The van der Waals surface area contributed by atoms with Crippen LogP contribution in [-0.4, -0.2) is 85.5 Å². The van der Waals surface area contributed by atoms with Crippen LogP contribution in [0.25, 0.3) is 11.0 Å². The summed E-state index contributed by atoms with van der Waals surface area (Å²) in [6, 6.07) is 17.7. The van der Waals surface area contributed by atoms with Crippen LogP contribution in [-0.2, 0) is 9.53 Å². The maximum atomic E-state index is 15.9. The SMILES string of the molecule is COC(=O)NCC(=O)N1CCC[C@H]1c1nc2cc([C@H]3CCCN3c3cc(F)c(N4CCC(c5cccc(S(C)(C)C)c5)CC4)c(F)c3)ccc2[nH]1. The number of aromatic amines is 1. The van der Waals surface area contributed by atoms with Gasteiger partial charge in [0, 0.05) is 31.9 Å². The second-order valence-corrected chi connectivity index (χ2v) is 18.9. The zero-order valence-corrected chi connectivity index (χ0v) is 30.7. The minimum Gasteiger partial charge on any atom is -0.453 e. The first-order valence-electron chi connectivity index (χ1n) is 17.9. The number of imidazole rings is 1. The molecule has 0 aliphatic carbocycles. The maximum Gasteiger partial charge on any atom is 0.407 e. The van der Waals surface area contributed by atoms with Crippen molar-refractivity contribution in [2.75, 3.05) is 68.4 Å². The molecule has 3 fully saturated rings. The van der Waals surface area contributed by atoms with E-state index >= 15 is 8.78 Å². The number of halogens is 2. The van der Waals surface area contributed by atoms with Gasteiger partial charge >= 0.3 is 6.09 Å². The lowest BCUT2D eigenvalue weighted by molar-refractivity contribution is -0.131. The van der Waals surface area contributed by atoms with Crippen molar-refractivity contribution in [3.05, 3.63) is 83.2 Å². The molecule has 9 nitrogen and oxygen atoms in total. The Labute approximate surface area is 300 Å². The van der Waals surface area contributed by atoms with Gasteiger partial charge in [-0.1, -0.05) is 24.3 Å². The average Bonchev–Trinajstić information content (AvgIpc) is 3.90. The molecule has 12 heteroatoms. The monoisotopic (exact) mass is 718 g/mol. The third-order valence-corrected chi connectivity index (χ3v) is 12.5. The number of methoxy groups -OCH3 is 1. The number of alkyl carbamates (subject to hydrolysis) is 1. The summed E-state index contributed by atoms with van der Waals surface area (Å²) in [6.45, 7) is 2.37. The smallest absolute Gasteiger partial charge is 0.407 e. The Kier molecular flexibility index (Phi) is 9.88. The molecule has 0 spiro atoms. The van der Waals surface area contributed by atoms with Crippen molar-refractivity contribution < 1.29 is 23.1 Å². The van der Waals surface area contributed by atoms with Gasteiger partial charge in [-0.2, -0.15) is 0 Å². The van der Waals surface area contributed by atoms with Gasteiger partial charge in [-0.3, -0.25) is 4.79 Å². The zero-order valence-electron chi connectivity index (χ0n) is 29.9. The fourth-order valence-corrected chi connectivity index (χ4v) is 9.08. The molecular formula is C39H48F2N6O3S. The molecule has 51 heavy (non-hydrogen) atoms. The summed E-state index contributed by atoms with van der Waals surface area (Å²) in [7, 11) is 0.435. The summed E-state index contributed by atoms with van der Waals surface area (Å²) in [5.41, 5.74) is 4.63. The van der Waals surface area contributed by atoms with Crippen LogP contribution in [0, 0.1) is 11.6 Å². The standard InChI is InChI=1S/C39H48F2N6O3S/c1-50-39(49)42-24-36(48)47-17-7-11-35(47)38-43-32-13-12-27(21-33(32)44-38)34-10-6-16-46(34)28-22-30(40)37(31(41)23-28)45-18-14-25(15-19-45)26-8-5-9-29(20-26)51(2,3)4/h5,8-9,12-13,20-23,25,34-35H,6-7,10-11,14-19,24H2,1-4H3,(H,42,49)(H,43,44)/t34-,35+/m1/s1. The largest absolute Gasteiger partial charge is 0.453 e. The fourth-order valence-electron chi connectivity index (χ4n) is 8.11. The van der Waals surface area contributed by atoms with Gasteiger partial charge in [-0.15, -0.1) is 0 Å². The van der Waals surface area contributed by atoms with Gasteiger partial charge in [-0.05, 0) is 110 Å². The number of likely N-dealkylation sites (tertiary alicyclic amines) is 1. The molecule has 4 heterocycles. The Morgan fingerprint density at radius 3 is 2.35 bits per heavy atom. The molecule has 0 unspecified atom stereocenters. The highest BCUT2D eigenvalue weighted by Gasteiger charge is 2.34. The van der Waals surface area contributed by atoms with Crippen molar-refractivity contribution in [3.8, 4) is 0 Å². The lowest BCUT2D eigenvalue weighted by atomic mass is 9.89. The number of nitrogens with zero attached hydrogens (tertiary/aromatic N) is 4. The highest BCUT2D eigenvalue weighted by Crippen LogP contribution is 2.46. The van der Waals surface area contributed by atoms with E-state index in [0.29, 0.717) is 43.6 Å². The van der Waals surface area contributed by atoms with Crippen molar-refractivity contribution in [2.24, 2.45) is 0 Å². The number of fused-ring (bicyclic) bond motifs is 1. The molecule has 4 aromatic rings. The van der Waals surface area contributed by atoms with E-state index in [-0.39, 0.29) is 30.2 Å². The van der Waals surface area contributed by atoms with Gasteiger partial charge < -0.3 is 29.7 Å². The van der Waals surface area contributed by atoms with E-state index in [4.69, 9.17) is 4.98 Å². The number of aromatic nitrogens is 2. The molecule has 7 rings (SSSR count). The van der Waals surface area contributed by atoms with Crippen LogP contribution >= 0.6 is 10.0 Å². The summed E-state index contributed by atoms with van der Waals surface area (Å²) in [4.78, 5) is 39.8. The molecule has 2 atom stereocenters. The molecule has 1 aromatic heterocycles. The van der Waals surface area contributed by atoms with Crippen molar-refractivity contribution in [3.63, 3.8) is 0 Å². The van der Waals surface area contributed by atoms with Crippen LogP contribution < -0.4 is 15.1 Å². The molecule has 3 aliphatic rings. The summed E-state index contributed by atoms with van der Waals surface area (Å²) >= 11 is 0. The quantitative estimate of drug-likeness (QED) is 0.195. The number of benzene rings is 3. The highest BCUT2D eigenvalue weighted by atomic mass is 32.3. The molecule has 3 aromatic carbocycles. The number of hydrogen-bond acceptors (Lipinski definition) is 6. The minimum atomic E-state index is -0.826. The zero-order chi connectivity index (χ0) is 35.9. The van der Waals surface area contributed by atoms with Crippen LogP contribution in [0.2, 0.25) is 0 Å². The Morgan fingerprint density at radius 2 is 1.63 bits per heavy atom. The summed E-state index contributed by atoms with van der Waals surface area (Å²) in [5.74, 6) is -0.133. The van der Waals surface area contributed by atoms with Crippen molar-refractivity contribution >= 4 is 44.4 Å². The second kappa shape index (κ2) is 14.4. The number of piperidine rings is 1. The van der Waals surface area contributed by atoms with E-state index < -0.39 is 27.8 Å².